The summed E-state index contributed by atoms with van der Waals surface area (Å²) in [6, 6.07) is 0. The van der Waals surface area contributed by atoms with Crippen LogP contribution in [0.25, 0.3) is 0 Å². The van der Waals surface area contributed by atoms with Gasteiger partial charge < -0.3 is 9.47 Å². The van der Waals surface area contributed by atoms with Crippen LogP contribution in [0.1, 0.15) is 112 Å². The fourth-order valence-electron chi connectivity index (χ4n) is 9.81. The Hall–Kier alpha value is -0.640. The summed E-state index contributed by atoms with van der Waals surface area (Å²) in [6.07, 6.45) is 11.0. The van der Waals surface area contributed by atoms with Crippen LogP contribution in [-0.2, 0) is 14.3 Å². The van der Waals surface area contributed by atoms with Gasteiger partial charge in [-0.1, -0.05) is 53.9 Å². The molecule has 4 fully saturated rings. The topological polar surface area (TPSA) is 35.5 Å². The number of halogens is 1. The van der Waals surface area contributed by atoms with E-state index in [1.54, 1.807) is 7.11 Å². The zero-order chi connectivity index (χ0) is 24.9. The minimum absolute atomic E-state index is 0.294. The number of carbonyl (C=O) groups excluding carboxylic acids is 1. The smallest absolute Gasteiger partial charge is 0.302 e. The van der Waals surface area contributed by atoms with E-state index in [2.05, 4.69) is 34.6 Å². The average Bonchev–Trinajstić information content (AvgIpc) is 3.11. The number of fused-ring (bicyclic) bond motifs is 5. The molecule has 0 N–H and O–H groups in total. The zero-order valence-corrected chi connectivity index (χ0v) is 23.0. The van der Waals surface area contributed by atoms with Crippen molar-refractivity contribution in [3.63, 3.8) is 0 Å². The fourth-order valence-corrected chi connectivity index (χ4v) is 9.81. The van der Waals surface area contributed by atoms with Crippen molar-refractivity contribution in [3.8, 4) is 0 Å². The molecule has 4 saturated carbocycles. The second kappa shape index (κ2) is 9.67. The highest BCUT2D eigenvalue weighted by Crippen LogP contribution is 2.70. The van der Waals surface area contributed by atoms with Crippen LogP contribution in [0.4, 0.5) is 4.39 Å². The first kappa shape index (κ1) is 26.4. The van der Waals surface area contributed by atoms with E-state index in [1.807, 2.05) is 0 Å². The van der Waals surface area contributed by atoms with E-state index in [4.69, 9.17) is 9.47 Å². The number of methoxy groups -OCH3 is 1. The van der Waals surface area contributed by atoms with Gasteiger partial charge in [-0.3, -0.25) is 4.79 Å². The van der Waals surface area contributed by atoms with Crippen LogP contribution >= 0.6 is 0 Å². The van der Waals surface area contributed by atoms with Crippen molar-refractivity contribution in [2.24, 2.45) is 46.3 Å². The number of alkyl halides is 1. The van der Waals surface area contributed by atoms with E-state index in [0.29, 0.717) is 29.6 Å². The maximum absolute atomic E-state index is 17.1. The summed E-state index contributed by atoms with van der Waals surface area (Å²) in [6.45, 7) is 13.4. The van der Waals surface area contributed by atoms with E-state index in [9.17, 15) is 4.79 Å². The molecule has 1 unspecified atom stereocenters. The normalized spacial score (nSPS) is 47.0. The Morgan fingerprint density at radius 2 is 1.76 bits per heavy atom. The SMILES string of the molecule is CO[C@@H]1C[C@H]2[C@@H]3CC[C@H]([C@H](C)CCCC(C)C)[C@@]3(C)CC[C@@H]2[C@@]2(C)CCC(OC(C)=O)C[C@]12F. The predicted molar refractivity (Wildman–Crippen MR) is 135 cm³/mol. The second-order valence-corrected chi connectivity index (χ2v) is 13.6. The first-order chi connectivity index (χ1) is 16.0. The van der Waals surface area contributed by atoms with Crippen molar-refractivity contribution in [3.05, 3.63) is 0 Å². The highest BCUT2D eigenvalue weighted by Gasteiger charge is 2.69. The van der Waals surface area contributed by atoms with Crippen LogP contribution in [0.5, 0.6) is 0 Å². The standard InChI is InChI=1S/C30H51FO3/c1-19(2)9-8-10-20(3)24-11-12-25-23-17-27(33-7)30(31)18-22(34-21(4)32)13-16-29(30,6)26(23)14-15-28(24,25)5/h19-20,22-27H,8-18H2,1-7H3/t20-,22?,23+,24-,25+,26+,27-,28-,29-,30+/m1/s1. The lowest BCUT2D eigenvalue weighted by Crippen LogP contribution is -2.67. The van der Waals surface area contributed by atoms with Crippen molar-refractivity contribution < 1.29 is 18.7 Å². The van der Waals surface area contributed by atoms with Gasteiger partial charge in [0.15, 0.2) is 0 Å². The Bertz CT molecular complexity index is 739. The minimum Gasteiger partial charge on any atom is -0.462 e. The van der Waals surface area contributed by atoms with Gasteiger partial charge in [-0.2, -0.15) is 0 Å². The van der Waals surface area contributed by atoms with Gasteiger partial charge in [0.05, 0.1) is 6.10 Å². The van der Waals surface area contributed by atoms with Crippen molar-refractivity contribution in [2.45, 2.75) is 130 Å². The number of rotatable bonds is 7. The summed E-state index contributed by atoms with van der Waals surface area (Å²) in [7, 11) is 1.69. The molecule has 0 aromatic heterocycles. The van der Waals surface area contributed by atoms with Gasteiger partial charge in [-0.05, 0) is 85.9 Å². The van der Waals surface area contributed by atoms with E-state index in [0.717, 1.165) is 43.4 Å². The summed E-state index contributed by atoms with van der Waals surface area (Å²) in [5, 5.41) is 0. The van der Waals surface area contributed by atoms with Crippen molar-refractivity contribution in [2.75, 3.05) is 7.11 Å². The van der Waals surface area contributed by atoms with E-state index >= 15 is 4.39 Å². The van der Waals surface area contributed by atoms with Crippen LogP contribution in [0, 0.1) is 46.3 Å². The van der Waals surface area contributed by atoms with E-state index in [-0.39, 0.29) is 12.1 Å². The molecule has 0 spiro atoms. The number of hydrogen-bond acceptors (Lipinski definition) is 3. The Balaban J connectivity index is 1.54. The van der Waals surface area contributed by atoms with Gasteiger partial charge in [0.1, 0.15) is 11.8 Å². The monoisotopic (exact) mass is 478 g/mol. The second-order valence-electron chi connectivity index (χ2n) is 13.6. The molecule has 0 radical (unpaired) electrons. The average molecular weight is 479 g/mol. The van der Waals surface area contributed by atoms with Crippen molar-refractivity contribution >= 4 is 5.97 Å². The molecule has 4 heteroatoms. The maximum atomic E-state index is 17.1. The van der Waals surface area contributed by atoms with Crippen LogP contribution in [0.15, 0.2) is 0 Å². The number of carbonyl (C=O) groups is 1. The minimum atomic E-state index is -1.42. The molecule has 0 amide bonds. The molecule has 0 saturated heterocycles. The third-order valence-electron chi connectivity index (χ3n) is 11.5. The summed E-state index contributed by atoms with van der Waals surface area (Å²) < 4.78 is 28.5. The highest BCUT2D eigenvalue weighted by molar-refractivity contribution is 5.66. The van der Waals surface area contributed by atoms with Crippen LogP contribution in [-0.4, -0.2) is 31.0 Å². The van der Waals surface area contributed by atoms with Gasteiger partial charge in [0.2, 0.25) is 0 Å². The Labute approximate surface area is 208 Å². The lowest BCUT2D eigenvalue weighted by atomic mass is 9.42. The summed E-state index contributed by atoms with van der Waals surface area (Å²) in [5.41, 5.74) is -1.43. The van der Waals surface area contributed by atoms with Gasteiger partial charge in [-0.15, -0.1) is 0 Å². The van der Waals surface area contributed by atoms with Crippen LogP contribution in [0.3, 0.4) is 0 Å². The number of esters is 1. The largest absolute Gasteiger partial charge is 0.462 e. The summed E-state index contributed by atoms with van der Waals surface area (Å²) in [4.78, 5) is 11.6. The third kappa shape index (κ3) is 4.26. The first-order valence-electron chi connectivity index (χ1n) is 14.3. The molecule has 10 atom stereocenters. The molecule has 0 heterocycles. The first-order valence-corrected chi connectivity index (χ1v) is 14.3. The third-order valence-corrected chi connectivity index (χ3v) is 11.5. The van der Waals surface area contributed by atoms with E-state index < -0.39 is 17.2 Å². The van der Waals surface area contributed by atoms with Gasteiger partial charge in [-0.25, -0.2) is 4.39 Å². The van der Waals surface area contributed by atoms with Crippen molar-refractivity contribution in [1.82, 2.24) is 0 Å². The Kier molecular flexibility index (Phi) is 7.52. The molecule has 0 aliphatic heterocycles. The lowest BCUT2D eigenvalue weighted by Gasteiger charge is -2.65. The molecule has 196 valence electrons. The molecule has 4 aliphatic carbocycles. The van der Waals surface area contributed by atoms with Crippen LogP contribution < -0.4 is 0 Å². The number of ether oxygens (including phenoxy) is 2. The maximum Gasteiger partial charge on any atom is 0.302 e. The molecule has 0 aromatic carbocycles. The summed E-state index contributed by atoms with van der Waals surface area (Å²) in [5.74, 6) is 3.73. The summed E-state index contributed by atoms with van der Waals surface area (Å²) >= 11 is 0. The molecule has 0 bridgehead atoms. The molecule has 34 heavy (non-hydrogen) atoms. The highest BCUT2D eigenvalue weighted by atomic mass is 19.1. The Morgan fingerprint density at radius 1 is 1.03 bits per heavy atom. The van der Waals surface area contributed by atoms with Gasteiger partial charge in [0, 0.05) is 25.9 Å². The molecule has 3 nitrogen and oxygen atoms in total. The molecular weight excluding hydrogens is 427 g/mol. The molecule has 0 aromatic rings. The Morgan fingerprint density at radius 3 is 2.41 bits per heavy atom. The van der Waals surface area contributed by atoms with Gasteiger partial charge >= 0.3 is 5.97 Å². The number of hydrogen-bond donors (Lipinski definition) is 0. The van der Waals surface area contributed by atoms with Crippen molar-refractivity contribution in [1.29, 1.82) is 0 Å². The van der Waals surface area contributed by atoms with Gasteiger partial charge in [0.25, 0.3) is 0 Å². The fraction of sp³-hybridized carbons (Fsp3) is 0.967. The molecule has 4 rings (SSSR count). The molecular formula is C30H51FO3. The quantitative estimate of drug-likeness (QED) is 0.351. The van der Waals surface area contributed by atoms with E-state index in [1.165, 1.54) is 45.4 Å². The predicted octanol–water partition coefficient (Wildman–Crippen LogP) is 7.76. The van der Waals surface area contributed by atoms with Crippen LogP contribution in [0.2, 0.25) is 0 Å². The lowest BCUT2D eigenvalue weighted by molar-refractivity contribution is -0.241. The molecule has 4 aliphatic rings. The zero-order valence-electron chi connectivity index (χ0n) is 23.0.